The topological polar surface area (TPSA) is 32.7 Å². The molecule has 0 radical (unpaired) electrons. The smallest absolute Gasteiger partial charge is 0.0594 e. The third-order valence-corrected chi connectivity index (χ3v) is 3.67. The first-order valence-corrected chi connectivity index (χ1v) is 7.27. The van der Waals surface area contributed by atoms with Crippen molar-refractivity contribution in [2.24, 2.45) is 5.92 Å². The number of nitrogens with zero attached hydrogens (tertiary/aromatic N) is 1. The van der Waals surface area contributed by atoms with Crippen LogP contribution in [0.4, 0.5) is 0 Å². The third kappa shape index (κ3) is 7.02. The largest absolute Gasteiger partial charge is 0.396 e. The molecule has 0 aliphatic carbocycles. The number of unbranched alkanes of at least 4 members (excludes halogenated alkanes) is 1. The Morgan fingerprint density at radius 1 is 1.12 bits per heavy atom. The van der Waals surface area contributed by atoms with E-state index in [9.17, 15) is 0 Å². The molecule has 0 aromatic carbocycles. The van der Waals surface area contributed by atoms with Gasteiger partial charge >= 0.3 is 0 Å². The summed E-state index contributed by atoms with van der Waals surface area (Å²) in [5, 5.41) is 9.00. The molecule has 1 aliphatic heterocycles. The molecule has 1 aliphatic rings. The van der Waals surface area contributed by atoms with Crippen LogP contribution in [0.2, 0.25) is 0 Å². The van der Waals surface area contributed by atoms with Gasteiger partial charge in [-0.1, -0.05) is 32.6 Å². The Hall–Kier alpha value is -0.120. The third-order valence-electron chi connectivity index (χ3n) is 3.67. The van der Waals surface area contributed by atoms with Crippen molar-refractivity contribution in [3.05, 3.63) is 0 Å². The van der Waals surface area contributed by atoms with Crippen LogP contribution in [0.15, 0.2) is 0 Å². The molecule has 3 heteroatoms. The summed E-state index contributed by atoms with van der Waals surface area (Å²) in [7, 11) is 0. The SMILES string of the molecule is CCC[C@H](CCO)CCCCN1CCOCC1. The van der Waals surface area contributed by atoms with E-state index in [-0.39, 0.29) is 0 Å². The summed E-state index contributed by atoms with van der Waals surface area (Å²) in [5.74, 6) is 0.745. The summed E-state index contributed by atoms with van der Waals surface area (Å²) in [6.07, 6.45) is 7.41. The molecular formula is C14H29NO2. The lowest BCUT2D eigenvalue weighted by Gasteiger charge is -2.26. The van der Waals surface area contributed by atoms with Gasteiger partial charge in [0.05, 0.1) is 13.2 Å². The molecule has 1 fully saturated rings. The maximum atomic E-state index is 9.00. The van der Waals surface area contributed by atoms with Gasteiger partial charge in [0.25, 0.3) is 0 Å². The quantitative estimate of drug-likeness (QED) is 0.631. The minimum absolute atomic E-state index is 0.355. The van der Waals surface area contributed by atoms with Gasteiger partial charge in [-0.2, -0.15) is 0 Å². The van der Waals surface area contributed by atoms with E-state index in [4.69, 9.17) is 9.84 Å². The highest BCUT2D eigenvalue weighted by Crippen LogP contribution is 2.18. The Morgan fingerprint density at radius 3 is 2.53 bits per heavy atom. The Morgan fingerprint density at radius 2 is 1.88 bits per heavy atom. The number of aliphatic hydroxyl groups is 1. The zero-order valence-corrected chi connectivity index (χ0v) is 11.4. The monoisotopic (exact) mass is 243 g/mol. The van der Waals surface area contributed by atoms with Crippen LogP contribution in [0, 0.1) is 5.92 Å². The van der Waals surface area contributed by atoms with E-state index in [1.807, 2.05) is 0 Å². The summed E-state index contributed by atoms with van der Waals surface area (Å²) in [4.78, 5) is 2.50. The number of aliphatic hydroxyl groups excluding tert-OH is 1. The van der Waals surface area contributed by atoms with Gasteiger partial charge in [0.1, 0.15) is 0 Å². The van der Waals surface area contributed by atoms with Gasteiger partial charge in [-0.05, 0) is 25.3 Å². The van der Waals surface area contributed by atoms with Gasteiger partial charge in [0.15, 0.2) is 0 Å². The Bertz CT molecular complexity index is 164. The predicted octanol–water partition coefficient (Wildman–Crippen LogP) is 2.29. The Labute approximate surface area is 106 Å². The fourth-order valence-electron chi connectivity index (χ4n) is 2.62. The van der Waals surface area contributed by atoms with E-state index in [1.165, 1.54) is 38.6 Å². The van der Waals surface area contributed by atoms with E-state index in [0.29, 0.717) is 6.61 Å². The molecule has 0 aromatic heterocycles. The molecule has 1 N–H and O–H groups in total. The van der Waals surface area contributed by atoms with Crippen LogP contribution in [-0.2, 0) is 4.74 Å². The summed E-state index contributed by atoms with van der Waals surface area (Å²) in [5.41, 5.74) is 0. The molecule has 0 amide bonds. The lowest BCUT2D eigenvalue weighted by Crippen LogP contribution is -2.36. The normalized spacial score (nSPS) is 19.4. The Balaban J connectivity index is 2.00. The molecule has 3 nitrogen and oxygen atoms in total. The van der Waals surface area contributed by atoms with Crippen molar-refractivity contribution in [3.63, 3.8) is 0 Å². The highest BCUT2D eigenvalue weighted by atomic mass is 16.5. The van der Waals surface area contributed by atoms with E-state index in [0.717, 1.165) is 38.6 Å². The average Bonchev–Trinajstić information content (AvgIpc) is 2.36. The molecule has 17 heavy (non-hydrogen) atoms. The van der Waals surface area contributed by atoms with E-state index >= 15 is 0 Å². The highest BCUT2D eigenvalue weighted by molar-refractivity contribution is 4.63. The number of rotatable bonds is 9. The van der Waals surface area contributed by atoms with Gasteiger partial charge in [-0.25, -0.2) is 0 Å². The van der Waals surface area contributed by atoms with Crippen LogP contribution in [0.5, 0.6) is 0 Å². The summed E-state index contributed by atoms with van der Waals surface area (Å²) in [6, 6.07) is 0. The van der Waals surface area contributed by atoms with Crippen LogP contribution in [0.25, 0.3) is 0 Å². The first-order chi connectivity index (χ1) is 8.36. The maximum absolute atomic E-state index is 9.00. The van der Waals surface area contributed by atoms with Crippen molar-refractivity contribution in [3.8, 4) is 0 Å². The second-order valence-electron chi connectivity index (χ2n) is 5.12. The van der Waals surface area contributed by atoms with Gasteiger partial charge in [0, 0.05) is 19.7 Å². The van der Waals surface area contributed by atoms with E-state index in [2.05, 4.69) is 11.8 Å². The molecule has 0 aromatic rings. The van der Waals surface area contributed by atoms with Gasteiger partial charge < -0.3 is 9.84 Å². The predicted molar refractivity (Wildman–Crippen MR) is 71.2 cm³/mol. The first-order valence-electron chi connectivity index (χ1n) is 7.27. The van der Waals surface area contributed by atoms with Gasteiger partial charge in [-0.15, -0.1) is 0 Å². The summed E-state index contributed by atoms with van der Waals surface area (Å²) in [6.45, 7) is 7.84. The molecule has 1 heterocycles. The molecular weight excluding hydrogens is 214 g/mol. The molecule has 1 atom stereocenters. The lowest BCUT2D eigenvalue weighted by atomic mass is 9.94. The van der Waals surface area contributed by atoms with Gasteiger partial charge in [-0.3, -0.25) is 4.90 Å². The van der Waals surface area contributed by atoms with Crippen molar-refractivity contribution >= 4 is 0 Å². The van der Waals surface area contributed by atoms with Crippen molar-refractivity contribution in [2.45, 2.75) is 45.4 Å². The molecule has 102 valence electrons. The Kier molecular flexibility index (Phi) is 8.67. The van der Waals surface area contributed by atoms with Crippen LogP contribution in [0.1, 0.15) is 45.4 Å². The van der Waals surface area contributed by atoms with Crippen LogP contribution < -0.4 is 0 Å². The van der Waals surface area contributed by atoms with Crippen molar-refractivity contribution < 1.29 is 9.84 Å². The second kappa shape index (κ2) is 9.86. The molecule has 0 unspecified atom stereocenters. The summed E-state index contributed by atoms with van der Waals surface area (Å²) < 4.78 is 5.34. The zero-order valence-electron chi connectivity index (χ0n) is 11.4. The summed E-state index contributed by atoms with van der Waals surface area (Å²) >= 11 is 0. The first kappa shape index (κ1) is 14.9. The van der Waals surface area contributed by atoms with Gasteiger partial charge in [0.2, 0.25) is 0 Å². The standard InChI is InChI=1S/C14H29NO2/c1-2-5-14(7-11-16)6-3-4-8-15-9-12-17-13-10-15/h14,16H,2-13H2,1H3/t14-/m0/s1. The second-order valence-corrected chi connectivity index (χ2v) is 5.12. The minimum atomic E-state index is 0.355. The lowest BCUT2D eigenvalue weighted by molar-refractivity contribution is 0.0369. The fourth-order valence-corrected chi connectivity index (χ4v) is 2.62. The molecule has 0 bridgehead atoms. The molecule has 0 saturated carbocycles. The average molecular weight is 243 g/mol. The van der Waals surface area contributed by atoms with Crippen LogP contribution in [-0.4, -0.2) is 49.5 Å². The number of hydrogen-bond donors (Lipinski definition) is 1. The van der Waals surface area contributed by atoms with Crippen molar-refractivity contribution in [2.75, 3.05) is 39.5 Å². The highest BCUT2D eigenvalue weighted by Gasteiger charge is 2.10. The fraction of sp³-hybridized carbons (Fsp3) is 1.00. The van der Waals surface area contributed by atoms with Crippen LogP contribution >= 0.6 is 0 Å². The molecule has 0 spiro atoms. The van der Waals surface area contributed by atoms with Crippen LogP contribution in [0.3, 0.4) is 0 Å². The molecule has 1 saturated heterocycles. The zero-order chi connectivity index (χ0) is 12.3. The number of ether oxygens (including phenoxy) is 1. The molecule has 1 rings (SSSR count). The number of hydrogen-bond acceptors (Lipinski definition) is 3. The maximum Gasteiger partial charge on any atom is 0.0594 e. The number of morpholine rings is 1. The van der Waals surface area contributed by atoms with E-state index < -0.39 is 0 Å². The van der Waals surface area contributed by atoms with E-state index in [1.54, 1.807) is 0 Å². The minimum Gasteiger partial charge on any atom is -0.396 e. The van der Waals surface area contributed by atoms with Crippen molar-refractivity contribution in [1.82, 2.24) is 4.90 Å². The van der Waals surface area contributed by atoms with Crippen molar-refractivity contribution in [1.29, 1.82) is 0 Å².